The molecule has 1 aliphatic rings. The highest BCUT2D eigenvalue weighted by Gasteiger charge is 2.29. The topological polar surface area (TPSA) is 57.9 Å². The second kappa shape index (κ2) is 4.44. The zero-order valence-electron chi connectivity index (χ0n) is 11.7. The molecule has 3 N–H and O–H groups in total. The fraction of sp³-hybridized carbons (Fsp3) is 0.533. The van der Waals surface area contributed by atoms with E-state index in [2.05, 4.69) is 28.7 Å². The summed E-state index contributed by atoms with van der Waals surface area (Å²) in [5.41, 5.74) is 9.11. The first kappa shape index (κ1) is 12.3. The molecule has 19 heavy (non-hydrogen) atoms. The van der Waals surface area contributed by atoms with Gasteiger partial charge in [0.05, 0.1) is 11.0 Å². The molecule has 0 amide bonds. The highest BCUT2D eigenvalue weighted by Crippen LogP contribution is 2.35. The van der Waals surface area contributed by atoms with Gasteiger partial charge >= 0.3 is 0 Å². The Morgan fingerprint density at radius 1 is 1.37 bits per heavy atom. The number of H-pyrrole nitrogens is 1. The van der Waals surface area contributed by atoms with Crippen molar-refractivity contribution in [2.75, 3.05) is 23.7 Å². The Bertz CT molecular complexity index is 579. The van der Waals surface area contributed by atoms with Crippen LogP contribution < -0.4 is 10.6 Å². The summed E-state index contributed by atoms with van der Waals surface area (Å²) in [6, 6.07) is 5.83. The van der Waals surface area contributed by atoms with E-state index in [1.807, 2.05) is 18.2 Å². The van der Waals surface area contributed by atoms with Crippen LogP contribution in [0.3, 0.4) is 0 Å². The molecule has 2 heterocycles. The Morgan fingerprint density at radius 3 is 2.79 bits per heavy atom. The third kappa shape index (κ3) is 2.27. The van der Waals surface area contributed by atoms with Gasteiger partial charge in [0.2, 0.25) is 5.95 Å². The Labute approximate surface area is 114 Å². The molecule has 102 valence electrons. The van der Waals surface area contributed by atoms with Gasteiger partial charge in [0, 0.05) is 18.8 Å². The fourth-order valence-electron chi connectivity index (χ4n) is 2.78. The van der Waals surface area contributed by atoms with Crippen LogP contribution in [0.2, 0.25) is 0 Å². The zero-order valence-corrected chi connectivity index (χ0v) is 11.7. The van der Waals surface area contributed by atoms with Gasteiger partial charge in [0.15, 0.2) is 0 Å². The molecule has 0 bridgehead atoms. The van der Waals surface area contributed by atoms with Crippen molar-refractivity contribution in [1.82, 2.24) is 9.97 Å². The van der Waals surface area contributed by atoms with Crippen LogP contribution in [-0.2, 0) is 0 Å². The quantitative estimate of drug-likeness (QED) is 0.813. The number of rotatable bonds is 2. The number of benzene rings is 1. The standard InChI is InChI=1S/C15H22N4/c1-3-15(2)6-8-19(9-7-15)14-17-12-5-4-11(16)10-13(12)18-14/h4-5,10H,3,6-9,16H2,1-2H3,(H,17,18). The average Bonchev–Trinajstić information content (AvgIpc) is 2.82. The van der Waals surface area contributed by atoms with Gasteiger partial charge in [-0.05, 0) is 36.5 Å². The Balaban J connectivity index is 1.82. The zero-order chi connectivity index (χ0) is 13.5. The molecule has 4 nitrogen and oxygen atoms in total. The third-order valence-electron chi connectivity index (χ3n) is 4.62. The summed E-state index contributed by atoms with van der Waals surface area (Å²) in [6.07, 6.45) is 3.74. The monoisotopic (exact) mass is 258 g/mol. The second-order valence-corrected chi connectivity index (χ2v) is 5.99. The number of hydrogen-bond donors (Lipinski definition) is 2. The van der Waals surface area contributed by atoms with E-state index in [0.29, 0.717) is 5.41 Å². The molecule has 0 saturated carbocycles. The number of fused-ring (bicyclic) bond motifs is 1. The van der Waals surface area contributed by atoms with Crippen molar-refractivity contribution in [1.29, 1.82) is 0 Å². The Hall–Kier alpha value is -1.71. The predicted molar refractivity (Wildman–Crippen MR) is 80.4 cm³/mol. The summed E-state index contributed by atoms with van der Waals surface area (Å²) in [7, 11) is 0. The van der Waals surface area contributed by atoms with Crippen molar-refractivity contribution in [3.05, 3.63) is 18.2 Å². The van der Waals surface area contributed by atoms with Crippen LogP contribution in [0.25, 0.3) is 11.0 Å². The van der Waals surface area contributed by atoms with Crippen molar-refractivity contribution >= 4 is 22.7 Å². The molecular weight excluding hydrogens is 236 g/mol. The fourth-order valence-corrected chi connectivity index (χ4v) is 2.78. The molecule has 0 atom stereocenters. The number of piperidine rings is 1. The van der Waals surface area contributed by atoms with E-state index >= 15 is 0 Å². The molecule has 4 heteroatoms. The normalized spacial score (nSPS) is 18.9. The van der Waals surface area contributed by atoms with Gasteiger partial charge in [-0.25, -0.2) is 4.98 Å². The van der Waals surface area contributed by atoms with Gasteiger partial charge in [0.25, 0.3) is 0 Å². The third-order valence-corrected chi connectivity index (χ3v) is 4.62. The first-order valence-corrected chi connectivity index (χ1v) is 7.10. The number of aromatic amines is 1. The van der Waals surface area contributed by atoms with E-state index in [1.54, 1.807) is 0 Å². The summed E-state index contributed by atoms with van der Waals surface area (Å²) in [5.74, 6) is 0.985. The summed E-state index contributed by atoms with van der Waals surface area (Å²) in [6.45, 7) is 6.85. The molecule has 1 fully saturated rings. The average molecular weight is 258 g/mol. The van der Waals surface area contributed by atoms with Gasteiger partial charge in [-0.2, -0.15) is 0 Å². The summed E-state index contributed by atoms with van der Waals surface area (Å²) in [5, 5.41) is 0. The first-order chi connectivity index (χ1) is 9.09. The summed E-state index contributed by atoms with van der Waals surface area (Å²) in [4.78, 5) is 10.4. The van der Waals surface area contributed by atoms with Crippen LogP contribution in [0.5, 0.6) is 0 Å². The Kier molecular flexibility index (Phi) is 2.88. The minimum Gasteiger partial charge on any atom is -0.399 e. The van der Waals surface area contributed by atoms with Crippen molar-refractivity contribution in [2.24, 2.45) is 5.41 Å². The highest BCUT2D eigenvalue weighted by molar-refractivity contribution is 5.80. The van der Waals surface area contributed by atoms with E-state index in [0.717, 1.165) is 35.8 Å². The molecular formula is C15H22N4. The number of anilines is 2. The van der Waals surface area contributed by atoms with E-state index in [9.17, 15) is 0 Å². The number of nitrogen functional groups attached to an aromatic ring is 1. The first-order valence-electron chi connectivity index (χ1n) is 7.10. The van der Waals surface area contributed by atoms with Crippen LogP contribution in [0.15, 0.2) is 18.2 Å². The minimum absolute atomic E-state index is 0.507. The molecule has 0 radical (unpaired) electrons. The van der Waals surface area contributed by atoms with Crippen LogP contribution in [0.1, 0.15) is 33.1 Å². The lowest BCUT2D eigenvalue weighted by molar-refractivity contribution is 0.237. The number of aromatic nitrogens is 2. The van der Waals surface area contributed by atoms with E-state index in [-0.39, 0.29) is 0 Å². The summed E-state index contributed by atoms with van der Waals surface area (Å²) >= 11 is 0. The number of hydrogen-bond acceptors (Lipinski definition) is 3. The maximum atomic E-state index is 5.80. The molecule has 2 aromatic rings. The van der Waals surface area contributed by atoms with Gasteiger partial charge in [0.1, 0.15) is 0 Å². The van der Waals surface area contributed by atoms with E-state index in [4.69, 9.17) is 5.73 Å². The molecule has 1 aromatic carbocycles. The van der Waals surface area contributed by atoms with Gasteiger partial charge < -0.3 is 15.6 Å². The number of nitrogens with zero attached hydrogens (tertiary/aromatic N) is 2. The number of nitrogens with one attached hydrogen (secondary N) is 1. The van der Waals surface area contributed by atoms with E-state index < -0.39 is 0 Å². The van der Waals surface area contributed by atoms with Crippen molar-refractivity contribution < 1.29 is 0 Å². The van der Waals surface area contributed by atoms with E-state index in [1.165, 1.54) is 19.3 Å². The van der Waals surface area contributed by atoms with Gasteiger partial charge in [-0.3, -0.25) is 0 Å². The lowest BCUT2D eigenvalue weighted by Gasteiger charge is -2.38. The molecule has 0 aliphatic carbocycles. The lowest BCUT2D eigenvalue weighted by atomic mass is 9.78. The maximum absolute atomic E-state index is 5.80. The van der Waals surface area contributed by atoms with Crippen LogP contribution in [-0.4, -0.2) is 23.1 Å². The number of imidazole rings is 1. The van der Waals surface area contributed by atoms with Crippen LogP contribution in [0, 0.1) is 5.41 Å². The largest absolute Gasteiger partial charge is 0.399 e. The molecule has 1 saturated heterocycles. The molecule has 1 aliphatic heterocycles. The second-order valence-electron chi connectivity index (χ2n) is 5.99. The maximum Gasteiger partial charge on any atom is 0.203 e. The van der Waals surface area contributed by atoms with Crippen molar-refractivity contribution in [3.8, 4) is 0 Å². The SMILES string of the molecule is CCC1(C)CCN(c2nc3ccc(N)cc3[nH]2)CC1. The smallest absolute Gasteiger partial charge is 0.203 e. The van der Waals surface area contributed by atoms with Crippen molar-refractivity contribution in [3.63, 3.8) is 0 Å². The molecule has 0 spiro atoms. The predicted octanol–water partition coefficient (Wildman–Crippen LogP) is 3.16. The molecule has 1 aromatic heterocycles. The minimum atomic E-state index is 0.507. The highest BCUT2D eigenvalue weighted by atomic mass is 15.3. The Morgan fingerprint density at radius 2 is 2.11 bits per heavy atom. The van der Waals surface area contributed by atoms with Gasteiger partial charge in [-0.1, -0.05) is 20.3 Å². The summed E-state index contributed by atoms with van der Waals surface area (Å²) < 4.78 is 0. The molecule has 3 rings (SSSR count). The van der Waals surface area contributed by atoms with Crippen molar-refractivity contribution in [2.45, 2.75) is 33.1 Å². The number of nitrogens with two attached hydrogens (primary N) is 1. The van der Waals surface area contributed by atoms with Gasteiger partial charge in [-0.15, -0.1) is 0 Å². The van der Waals surface area contributed by atoms with Crippen LogP contribution >= 0.6 is 0 Å². The molecule has 0 unspecified atom stereocenters. The van der Waals surface area contributed by atoms with Crippen LogP contribution in [0.4, 0.5) is 11.6 Å². The lowest BCUT2D eigenvalue weighted by Crippen LogP contribution is -2.38.